The summed E-state index contributed by atoms with van der Waals surface area (Å²) < 4.78 is 11.8. The first-order valence-corrected chi connectivity index (χ1v) is 11.9. The lowest BCUT2D eigenvalue weighted by Crippen LogP contribution is -2.24. The molecule has 0 radical (unpaired) electrons. The summed E-state index contributed by atoms with van der Waals surface area (Å²) in [5.41, 5.74) is 3.04. The third-order valence-corrected chi connectivity index (χ3v) is 4.19. The molecule has 0 spiro atoms. The number of para-hydroxylation sites is 1. The zero-order valence-corrected chi connectivity index (χ0v) is 22.8. The Morgan fingerprint density at radius 3 is 1.44 bits per heavy atom. The predicted molar refractivity (Wildman–Crippen MR) is 140 cm³/mol. The molecular formula is C30H48O2. The first-order chi connectivity index (χ1) is 14.3. The molecule has 0 saturated carbocycles. The fraction of sp³-hybridized carbons (Fsp3) is 0.600. The van der Waals surface area contributed by atoms with Gasteiger partial charge in [-0.15, -0.1) is 0 Å². The van der Waals surface area contributed by atoms with E-state index in [4.69, 9.17) is 9.47 Å². The Bertz CT molecular complexity index is 734. The fourth-order valence-electron chi connectivity index (χ4n) is 3.29. The molecule has 2 nitrogen and oxygen atoms in total. The zero-order valence-electron chi connectivity index (χ0n) is 22.8. The molecule has 2 aromatic carbocycles. The number of hydrogen-bond acceptors (Lipinski definition) is 2. The van der Waals surface area contributed by atoms with Crippen LogP contribution < -0.4 is 9.47 Å². The molecule has 2 rings (SSSR count). The van der Waals surface area contributed by atoms with Gasteiger partial charge in [-0.2, -0.15) is 0 Å². The Kier molecular flexibility index (Phi) is 9.45. The average Bonchev–Trinajstić information content (AvgIpc) is 2.54. The quantitative estimate of drug-likeness (QED) is 0.472. The molecule has 0 bridgehead atoms. The van der Waals surface area contributed by atoms with E-state index < -0.39 is 0 Å². The lowest BCUT2D eigenvalue weighted by molar-refractivity contribution is 0.128. The van der Waals surface area contributed by atoms with Crippen LogP contribution in [0.25, 0.3) is 0 Å². The SMILES string of the molecule is CC(C)(C)Cc1ccc(OC(C)(C)C)cc1.CC(C)(C)Cc1ccccc1OC(C)(C)C. The highest BCUT2D eigenvalue weighted by Gasteiger charge is 2.18. The highest BCUT2D eigenvalue weighted by atomic mass is 16.5. The van der Waals surface area contributed by atoms with Gasteiger partial charge in [0.25, 0.3) is 0 Å². The third-order valence-electron chi connectivity index (χ3n) is 4.19. The van der Waals surface area contributed by atoms with Crippen molar-refractivity contribution in [1.82, 2.24) is 0 Å². The van der Waals surface area contributed by atoms with E-state index in [9.17, 15) is 0 Å². The minimum absolute atomic E-state index is 0.120. The van der Waals surface area contributed by atoms with Gasteiger partial charge in [-0.1, -0.05) is 71.9 Å². The highest BCUT2D eigenvalue weighted by molar-refractivity contribution is 5.34. The van der Waals surface area contributed by atoms with Crippen LogP contribution in [0.1, 0.15) is 94.2 Å². The van der Waals surface area contributed by atoms with Gasteiger partial charge in [0.15, 0.2) is 0 Å². The molecule has 0 fully saturated rings. The molecule has 0 atom stereocenters. The molecule has 32 heavy (non-hydrogen) atoms. The van der Waals surface area contributed by atoms with Gasteiger partial charge in [0, 0.05) is 0 Å². The van der Waals surface area contributed by atoms with Gasteiger partial charge >= 0.3 is 0 Å². The second-order valence-corrected chi connectivity index (χ2v) is 13.2. The normalized spacial score (nSPS) is 12.6. The second-order valence-electron chi connectivity index (χ2n) is 13.2. The van der Waals surface area contributed by atoms with Gasteiger partial charge in [0.05, 0.1) is 0 Å². The molecule has 0 N–H and O–H groups in total. The summed E-state index contributed by atoms with van der Waals surface area (Å²) in [6.45, 7) is 26.0. The molecule has 0 aliphatic rings. The second kappa shape index (κ2) is 10.8. The standard InChI is InChI=1S/2C15H24O/c1-14(2,3)11-12-7-9-13(10-8-12)16-15(4,5)6;1-14(2,3)11-12-9-7-8-10-13(12)16-15(4,5)6/h2*7-10H,11H2,1-6H3. The molecule has 0 amide bonds. The van der Waals surface area contributed by atoms with Crippen molar-refractivity contribution in [3.8, 4) is 11.5 Å². The monoisotopic (exact) mass is 440 g/mol. The van der Waals surface area contributed by atoms with E-state index in [0.29, 0.717) is 5.41 Å². The van der Waals surface area contributed by atoms with Gasteiger partial charge in [-0.25, -0.2) is 0 Å². The number of rotatable bonds is 4. The Morgan fingerprint density at radius 2 is 1.00 bits per heavy atom. The first kappa shape index (κ1) is 28.1. The minimum atomic E-state index is -0.131. The van der Waals surface area contributed by atoms with E-state index in [-0.39, 0.29) is 16.6 Å². The van der Waals surface area contributed by atoms with Gasteiger partial charge in [0.1, 0.15) is 22.7 Å². The first-order valence-electron chi connectivity index (χ1n) is 11.9. The van der Waals surface area contributed by atoms with E-state index in [1.807, 2.05) is 6.07 Å². The maximum atomic E-state index is 5.98. The molecule has 0 aliphatic heterocycles. The maximum absolute atomic E-state index is 5.98. The zero-order chi connectivity index (χ0) is 24.8. The summed E-state index contributed by atoms with van der Waals surface area (Å²) in [5.74, 6) is 1.97. The van der Waals surface area contributed by atoms with Crippen LogP contribution in [0.4, 0.5) is 0 Å². The molecule has 0 saturated heterocycles. The van der Waals surface area contributed by atoms with Gasteiger partial charge in [0.2, 0.25) is 0 Å². The fourth-order valence-corrected chi connectivity index (χ4v) is 3.29. The Balaban J connectivity index is 0.000000320. The molecule has 180 valence electrons. The molecule has 2 aromatic rings. The smallest absolute Gasteiger partial charge is 0.123 e. The van der Waals surface area contributed by atoms with Crippen LogP contribution in [-0.2, 0) is 12.8 Å². The molecule has 2 heteroatoms. The van der Waals surface area contributed by atoms with Gasteiger partial charge in [-0.05, 0) is 94.5 Å². The van der Waals surface area contributed by atoms with E-state index in [2.05, 4.69) is 126 Å². The summed E-state index contributed by atoms with van der Waals surface area (Å²) in [7, 11) is 0. The van der Waals surface area contributed by atoms with Crippen molar-refractivity contribution in [2.24, 2.45) is 10.8 Å². The molecular weight excluding hydrogens is 392 g/mol. The summed E-state index contributed by atoms with van der Waals surface area (Å²) in [6.07, 6.45) is 2.14. The van der Waals surface area contributed by atoms with Crippen LogP contribution in [0.5, 0.6) is 11.5 Å². The van der Waals surface area contributed by atoms with Crippen molar-refractivity contribution in [3.63, 3.8) is 0 Å². The highest BCUT2D eigenvalue weighted by Crippen LogP contribution is 2.29. The molecule has 0 heterocycles. The Morgan fingerprint density at radius 1 is 0.531 bits per heavy atom. The van der Waals surface area contributed by atoms with Gasteiger partial charge < -0.3 is 9.47 Å². The summed E-state index contributed by atoms with van der Waals surface area (Å²) in [6, 6.07) is 16.8. The molecule has 0 aliphatic carbocycles. The average molecular weight is 441 g/mol. The van der Waals surface area contributed by atoms with Crippen molar-refractivity contribution in [1.29, 1.82) is 0 Å². The van der Waals surface area contributed by atoms with Crippen LogP contribution in [0.3, 0.4) is 0 Å². The number of ether oxygens (including phenoxy) is 2. The third kappa shape index (κ3) is 13.5. The lowest BCUT2D eigenvalue weighted by atomic mass is 9.88. The van der Waals surface area contributed by atoms with Crippen LogP contribution >= 0.6 is 0 Å². The summed E-state index contributed by atoms with van der Waals surface area (Å²) >= 11 is 0. The minimum Gasteiger partial charge on any atom is -0.488 e. The number of hydrogen-bond donors (Lipinski definition) is 0. The lowest BCUT2D eigenvalue weighted by Gasteiger charge is -2.26. The van der Waals surface area contributed by atoms with Crippen LogP contribution in [-0.4, -0.2) is 11.2 Å². The number of benzene rings is 2. The summed E-state index contributed by atoms with van der Waals surface area (Å²) in [4.78, 5) is 0. The van der Waals surface area contributed by atoms with Crippen LogP contribution in [0.15, 0.2) is 48.5 Å². The van der Waals surface area contributed by atoms with E-state index in [1.54, 1.807) is 0 Å². The Hall–Kier alpha value is -1.96. The van der Waals surface area contributed by atoms with Crippen molar-refractivity contribution in [3.05, 3.63) is 59.7 Å². The van der Waals surface area contributed by atoms with Crippen molar-refractivity contribution < 1.29 is 9.47 Å². The van der Waals surface area contributed by atoms with Crippen LogP contribution in [0, 0.1) is 10.8 Å². The molecule has 0 unspecified atom stereocenters. The van der Waals surface area contributed by atoms with E-state index in [1.165, 1.54) is 11.1 Å². The maximum Gasteiger partial charge on any atom is 0.123 e. The van der Waals surface area contributed by atoms with Crippen molar-refractivity contribution >= 4 is 0 Å². The topological polar surface area (TPSA) is 18.5 Å². The van der Waals surface area contributed by atoms with Crippen molar-refractivity contribution in [2.45, 2.75) is 107 Å². The predicted octanol–water partition coefficient (Wildman–Crippen LogP) is 8.91. The molecule has 0 aromatic heterocycles. The van der Waals surface area contributed by atoms with Gasteiger partial charge in [-0.3, -0.25) is 0 Å². The largest absolute Gasteiger partial charge is 0.488 e. The van der Waals surface area contributed by atoms with Crippen molar-refractivity contribution in [2.75, 3.05) is 0 Å². The Labute approximate surface area is 198 Å². The van der Waals surface area contributed by atoms with E-state index in [0.717, 1.165) is 24.3 Å². The summed E-state index contributed by atoms with van der Waals surface area (Å²) in [5, 5.41) is 0. The van der Waals surface area contributed by atoms with E-state index >= 15 is 0 Å². The van der Waals surface area contributed by atoms with Crippen LogP contribution in [0.2, 0.25) is 0 Å².